The van der Waals surface area contributed by atoms with Crippen molar-refractivity contribution in [3.63, 3.8) is 0 Å². The van der Waals surface area contributed by atoms with Gasteiger partial charge in [0.2, 0.25) is 5.91 Å². The fourth-order valence-corrected chi connectivity index (χ4v) is 3.35. The molecule has 0 unspecified atom stereocenters. The second-order valence-electron chi connectivity index (χ2n) is 7.00. The van der Waals surface area contributed by atoms with E-state index in [1.165, 1.54) is 6.07 Å². The van der Waals surface area contributed by atoms with Gasteiger partial charge in [0.25, 0.3) is 0 Å². The molecule has 0 aliphatic carbocycles. The minimum absolute atomic E-state index is 0. The highest BCUT2D eigenvalue weighted by Gasteiger charge is 2.35. The van der Waals surface area contributed by atoms with E-state index in [0.717, 1.165) is 0 Å². The first-order valence-corrected chi connectivity index (χ1v) is 8.89. The molecule has 2 N–H and O–H groups in total. The van der Waals surface area contributed by atoms with Crippen LogP contribution in [-0.2, 0) is 17.8 Å². The van der Waals surface area contributed by atoms with Gasteiger partial charge in [-0.05, 0) is 18.1 Å². The van der Waals surface area contributed by atoms with Crippen LogP contribution >= 0.6 is 0 Å². The maximum atomic E-state index is 12.2. The molecule has 1 aromatic carbocycles. The van der Waals surface area contributed by atoms with E-state index in [2.05, 4.69) is 4.98 Å². The van der Waals surface area contributed by atoms with Crippen molar-refractivity contribution in [3.05, 3.63) is 42.0 Å². The molecule has 1 saturated heterocycles. The van der Waals surface area contributed by atoms with Gasteiger partial charge in [-0.1, -0.05) is 19.8 Å². The van der Waals surface area contributed by atoms with Gasteiger partial charge in [-0.15, -0.1) is 0 Å². The molecule has 0 radical (unpaired) electrons. The smallest absolute Gasteiger partial charge is 0.430 e. The Morgan fingerprint density at radius 1 is 1.34 bits per heavy atom. The number of amides is 1. The van der Waals surface area contributed by atoms with Gasteiger partial charge in [-0.25, -0.2) is 4.98 Å². The maximum Gasteiger partial charge on any atom is 0.430 e. The van der Waals surface area contributed by atoms with E-state index < -0.39 is 12.7 Å². The molecule has 0 spiro atoms. The summed E-state index contributed by atoms with van der Waals surface area (Å²) in [5.41, 5.74) is 0.188. The van der Waals surface area contributed by atoms with Crippen LogP contribution in [0.4, 0.5) is 0 Å². The molecule has 2 aliphatic heterocycles. The van der Waals surface area contributed by atoms with E-state index >= 15 is 0 Å². The Bertz CT molecular complexity index is 910. The average molecular weight is 403 g/mol. The molecular weight excluding hydrogens is 381 g/mol. The summed E-state index contributed by atoms with van der Waals surface area (Å²) in [5.74, 6) is -1.76. The number of aromatic nitrogens is 2. The lowest BCUT2D eigenvalue weighted by molar-refractivity contribution is -0.255. The highest BCUT2D eigenvalue weighted by Crippen LogP contribution is 2.38. The van der Waals surface area contributed by atoms with Gasteiger partial charge in [0.1, 0.15) is 18.4 Å². The summed E-state index contributed by atoms with van der Waals surface area (Å²) in [4.78, 5) is 29.3. The molecule has 29 heavy (non-hydrogen) atoms. The molecule has 0 bridgehead atoms. The van der Waals surface area contributed by atoms with Gasteiger partial charge >= 0.3 is 6.75 Å². The first-order chi connectivity index (χ1) is 13.3. The maximum absolute atomic E-state index is 12.2. The van der Waals surface area contributed by atoms with E-state index in [-0.39, 0.29) is 55.8 Å². The number of imidazole rings is 1. The second kappa shape index (κ2) is 7.76. The number of benzene rings is 1. The fourth-order valence-electron chi connectivity index (χ4n) is 3.35. The number of carboxylic acids is 1. The van der Waals surface area contributed by atoms with Crippen LogP contribution in [0.1, 0.15) is 23.3 Å². The molecule has 10 nitrogen and oxygen atoms in total. The van der Waals surface area contributed by atoms with Crippen LogP contribution in [0.3, 0.4) is 0 Å². The van der Waals surface area contributed by atoms with Crippen molar-refractivity contribution >= 4 is 18.6 Å². The van der Waals surface area contributed by atoms with Gasteiger partial charge in [0.15, 0.2) is 0 Å². The third kappa shape index (κ3) is 4.20. The zero-order valence-electron chi connectivity index (χ0n) is 14.9. The predicted octanol–water partition coefficient (Wildman–Crippen LogP) is -0.969. The first-order valence-electron chi connectivity index (χ1n) is 8.89. The second-order valence-corrected chi connectivity index (χ2v) is 7.00. The fraction of sp³-hybridized carbons (Fsp3) is 0.389. The number of ether oxygens (including phenoxy) is 1. The van der Waals surface area contributed by atoms with E-state index in [1.54, 1.807) is 34.3 Å². The van der Waals surface area contributed by atoms with E-state index in [4.69, 9.17) is 9.39 Å². The molecule has 2 aliphatic rings. The third-order valence-corrected chi connectivity index (χ3v) is 4.87. The van der Waals surface area contributed by atoms with E-state index in [9.17, 15) is 24.7 Å². The lowest BCUT2D eigenvalue weighted by atomic mass is 9.70. The Balaban J connectivity index is 0.00000240. The van der Waals surface area contributed by atoms with Gasteiger partial charge in [0, 0.05) is 12.4 Å². The Hall–Kier alpha value is -3.05. The number of nitrogens with zero attached hydrogens (tertiary/aromatic N) is 3. The number of carbonyl (C=O) groups is 2. The molecule has 0 atom stereocenters. The van der Waals surface area contributed by atoms with Gasteiger partial charge in [0.05, 0.1) is 36.7 Å². The van der Waals surface area contributed by atoms with Crippen molar-refractivity contribution < 1.29 is 34.1 Å². The molecule has 11 heteroatoms. The number of fused-ring (bicyclic) bond motifs is 1. The largest absolute Gasteiger partial charge is 0.669 e. The molecular formula is C18H22BN3O7-2. The van der Waals surface area contributed by atoms with Gasteiger partial charge < -0.3 is 38.8 Å². The van der Waals surface area contributed by atoms with Crippen LogP contribution in [-0.4, -0.2) is 62.3 Å². The van der Waals surface area contributed by atoms with Crippen LogP contribution < -0.4 is 14.5 Å². The summed E-state index contributed by atoms with van der Waals surface area (Å²) in [7, 11) is 0. The summed E-state index contributed by atoms with van der Waals surface area (Å²) >= 11 is 0. The van der Waals surface area contributed by atoms with Gasteiger partial charge in [-0.2, -0.15) is 0 Å². The molecule has 0 saturated carbocycles. The quantitative estimate of drug-likeness (QED) is 0.609. The average Bonchev–Trinajstić information content (AvgIpc) is 3.08. The molecule has 1 amide bonds. The molecule has 1 fully saturated rings. The molecule has 3 heterocycles. The summed E-state index contributed by atoms with van der Waals surface area (Å²) in [5, 5.41) is 31.1. The summed E-state index contributed by atoms with van der Waals surface area (Å²) in [6, 6.07) is 3.13. The van der Waals surface area contributed by atoms with Crippen molar-refractivity contribution in [2.75, 3.05) is 13.1 Å². The summed E-state index contributed by atoms with van der Waals surface area (Å²) < 4.78 is 12.5. The number of hydrogen-bond acceptors (Lipinski definition) is 8. The number of rotatable bonds is 5. The van der Waals surface area contributed by atoms with Crippen molar-refractivity contribution in [1.82, 2.24) is 14.5 Å². The van der Waals surface area contributed by atoms with Crippen molar-refractivity contribution in [2.45, 2.75) is 32.8 Å². The van der Waals surface area contributed by atoms with Crippen LogP contribution in [0, 0.1) is 0 Å². The minimum atomic E-state index is -3.12. The summed E-state index contributed by atoms with van der Waals surface area (Å²) in [6.45, 7) is -2.33. The zero-order chi connectivity index (χ0) is 19.9. The molecule has 2 aromatic rings. The van der Waals surface area contributed by atoms with Crippen molar-refractivity contribution in [3.8, 4) is 11.5 Å². The predicted molar refractivity (Wildman–Crippen MR) is 100 cm³/mol. The SMILES string of the molecule is C.O=C([O-])c1c(OC2CN(C(=O)Cn3ccnc3)C2)ccc2c1O[B-](O)(O)CC2. The normalized spacial score (nSPS) is 17.4. The third-order valence-electron chi connectivity index (χ3n) is 4.87. The van der Waals surface area contributed by atoms with E-state index in [1.807, 2.05) is 0 Å². The Kier molecular flexibility index (Phi) is 5.54. The molecule has 4 rings (SSSR count). The number of aromatic carboxylic acids is 1. The highest BCUT2D eigenvalue weighted by atomic mass is 16.6. The van der Waals surface area contributed by atoms with E-state index in [0.29, 0.717) is 18.7 Å². The van der Waals surface area contributed by atoms with Crippen molar-refractivity contribution in [1.29, 1.82) is 0 Å². The van der Waals surface area contributed by atoms with Crippen LogP contribution in [0.2, 0.25) is 6.32 Å². The molecule has 1 aromatic heterocycles. The number of aryl methyl sites for hydroxylation is 1. The van der Waals surface area contributed by atoms with Crippen molar-refractivity contribution in [2.24, 2.45) is 0 Å². The number of hydrogen-bond donors (Lipinski definition) is 2. The lowest BCUT2D eigenvalue weighted by Crippen LogP contribution is -2.57. The number of carboxylic acid groups (broad SMARTS) is 1. The lowest BCUT2D eigenvalue weighted by Gasteiger charge is -2.41. The topological polar surface area (TPSA) is 137 Å². The summed E-state index contributed by atoms with van der Waals surface area (Å²) in [6.07, 6.45) is 4.69. The molecule has 156 valence electrons. The van der Waals surface area contributed by atoms with Gasteiger partial charge in [-0.3, -0.25) is 4.79 Å². The highest BCUT2D eigenvalue weighted by molar-refractivity contribution is 6.59. The Morgan fingerprint density at radius 2 is 2.10 bits per heavy atom. The standard InChI is InChI=1S/C17H19BN3O7.CH4/c22-14(9-20-6-5-19-10-20)21-7-12(8-21)27-13-2-1-11-3-4-18(25,26)28-16(11)15(13)17(23)24;/h1-2,5-6,10,12,25-26H,3-4,7-9H2,(H,23,24);1H4/q-1;/p-1. The zero-order valence-corrected chi connectivity index (χ0v) is 14.9. The van der Waals surface area contributed by atoms with Crippen LogP contribution in [0.5, 0.6) is 11.5 Å². The Labute approximate surface area is 167 Å². The van der Waals surface area contributed by atoms with Crippen LogP contribution in [0.25, 0.3) is 0 Å². The first kappa shape index (κ1) is 20.7. The number of likely N-dealkylation sites (tertiary alicyclic amines) is 1. The number of carbonyl (C=O) groups excluding carboxylic acids is 2. The Morgan fingerprint density at radius 3 is 2.76 bits per heavy atom. The minimum Gasteiger partial charge on any atom is -0.669 e. The monoisotopic (exact) mass is 403 g/mol. The van der Waals surface area contributed by atoms with Crippen LogP contribution in [0.15, 0.2) is 30.9 Å².